The van der Waals surface area contributed by atoms with Crippen LogP contribution in [-0.2, 0) is 9.53 Å². The average Bonchev–Trinajstić information content (AvgIpc) is 2.67. The van der Waals surface area contributed by atoms with Crippen LogP contribution in [0.15, 0.2) is 36.4 Å². The van der Waals surface area contributed by atoms with E-state index in [4.69, 9.17) is 26.2 Å². The zero-order valence-electron chi connectivity index (χ0n) is 15.0. The summed E-state index contributed by atoms with van der Waals surface area (Å²) in [5, 5.41) is 15.0. The van der Waals surface area contributed by atoms with Crippen LogP contribution in [0.5, 0.6) is 5.75 Å². The molecule has 0 aliphatic heterocycles. The molecule has 0 heterocycles. The zero-order valence-corrected chi connectivity index (χ0v) is 15.8. The molecule has 3 N–H and O–H groups in total. The van der Waals surface area contributed by atoms with Crippen LogP contribution in [0, 0.1) is 6.92 Å². The Morgan fingerprint density at radius 1 is 1.19 bits per heavy atom. The number of esters is 1. The highest BCUT2D eigenvalue weighted by atomic mass is 35.5. The number of hydrogen-bond donors (Lipinski definition) is 3. The van der Waals surface area contributed by atoms with Crippen molar-refractivity contribution in [1.82, 2.24) is 0 Å². The maximum atomic E-state index is 12.3. The molecule has 0 aliphatic carbocycles. The minimum Gasteiger partial charge on any atom is -0.495 e. The lowest BCUT2D eigenvalue weighted by Crippen LogP contribution is -2.22. The van der Waals surface area contributed by atoms with Gasteiger partial charge < -0.3 is 25.2 Å². The van der Waals surface area contributed by atoms with Gasteiger partial charge in [0.15, 0.2) is 6.61 Å². The normalized spacial score (nSPS) is 10.2. The lowest BCUT2D eigenvalue weighted by molar-refractivity contribution is -0.119. The molecule has 2 aromatic carbocycles. The number of nitrogens with one attached hydrogen (secondary N) is 2. The van der Waals surface area contributed by atoms with E-state index in [2.05, 4.69) is 10.6 Å². The molecule has 7 nitrogen and oxygen atoms in total. The lowest BCUT2D eigenvalue weighted by atomic mass is 10.2. The van der Waals surface area contributed by atoms with Crippen molar-refractivity contribution < 1.29 is 24.2 Å². The van der Waals surface area contributed by atoms with Crippen LogP contribution in [0.25, 0.3) is 0 Å². The van der Waals surface area contributed by atoms with Crippen molar-refractivity contribution in [3.05, 3.63) is 52.5 Å². The van der Waals surface area contributed by atoms with Gasteiger partial charge in [0.2, 0.25) is 0 Å². The summed E-state index contributed by atoms with van der Waals surface area (Å²) in [6, 6.07) is 9.97. The van der Waals surface area contributed by atoms with Crippen molar-refractivity contribution >= 4 is 34.9 Å². The summed E-state index contributed by atoms with van der Waals surface area (Å²) in [6.45, 7) is 1.56. The minimum absolute atomic E-state index is 0.0753. The van der Waals surface area contributed by atoms with Crippen molar-refractivity contribution in [1.29, 1.82) is 0 Å². The Morgan fingerprint density at radius 2 is 1.93 bits per heavy atom. The highest BCUT2D eigenvalue weighted by molar-refractivity contribution is 6.31. The average molecular weight is 393 g/mol. The lowest BCUT2D eigenvalue weighted by Gasteiger charge is -2.13. The van der Waals surface area contributed by atoms with Crippen molar-refractivity contribution in [2.45, 2.75) is 6.92 Å². The summed E-state index contributed by atoms with van der Waals surface area (Å²) in [5.74, 6) is -0.751. The molecule has 27 heavy (non-hydrogen) atoms. The second kappa shape index (κ2) is 9.80. The largest absolute Gasteiger partial charge is 0.495 e. The number of carbonyl (C=O) groups is 2. The Bertz CT molecular complexity index is 826. The molecule has 0 unspecified atom stereocenters. The Balaban J connectivity index is 2.00. The van der Waals surface area contributed by atoms with Crippen LogP contribution in [0.3, 0.4) is 0 Å². The molecule has 0 radical (unpaired) electrons. The molecule has 144 valence electrons. The van der Waals surface area contributed by atoms with E-state index < -0.39 is 18.5 Å². The molecule has 2 rings (SSSR count). The van der Waals surface area contributed by atoms with Gasteiger partial charge in [-0.15, -0.1) is 0 Å². The number of ether oxygens (including phenoxy) is 2. The first-order valence-corrected chi connectivity index (χ1v) is 8.59. The number of para-hydroxylation sites is 1. The molecule has 2 aromatic rings. The fourth-order valence-corrected chi connectivity index (χ4v) is 2.48. The third-order valence-electron chi connectivity index (χ3n) is 3.66. The van der Waals surface area contributed by atoms with Crippen LogP contribution in [0.4, 0.5) is 11.4 Å². The topological polar surface area (TPSA) is 96.9 Å². The number of halogens is 1. The van der Waals surface area contributed by atoms with E-state index in [1.54, 1.807) is 43.3 Å². The third kappa shape index (κ3) is 5.60. The number of methoxy groups -OCH3 is 1. The Hall–Kier alpha value is -2.77. The zero-order chi connectivity index (χ0) is 19.8. The van der Waals surface area contributed by atoms with E-state index in [0.717, 1.165) is 5.56 Å². The van der Waals surface area contributed by atoms with Gasteiger partial charge in [-0.25, -0.2) is 4.79 Å². The molecule has 8 heteroatoms. The number of hydrogen-bond acceptors (Lipinski definition) is 6. The number of anilines is 2. The van der Waals surface area contributed by atoms with Crippen LogP contribution in [0.2, 0.25) is 5.02 Å². The second-order valence-corrected chi connectivity index (χ2v) is 6.03. The van der Waals surface area contributed by atoms with E-state index in [1.165, 1.54) is 7.11 Å². The van der Waals surface area contributed by atoms with Gasteiger partial charge in [0, 0.05) is 23.3 Å². The van der Waals surface area contributed by atoms with Crippen LogP contribution in [0.1, 0.15) is 15.9 Å². The maximum absolute atomic E-state index is 12.3. The summed E-state index contributed by atoms with van der Waals surface area (Å²) in [6.07, 6.45) is 0. The minimum atomic E-state index is -0.648. The van der Waals surface area contributed by atoms with E-state index in [-0.39, 0.29) is 12.2 Å². The Kier molecular flexibility index (Phi) is 7.45. The number of benzene rings is 2. The van der Waals surface area contributed by atoms with Gasteiger partial charge in [-0.2, -0.15) is 0 Å². The first-order chi connectivity index (χ1) is 13.0. The molecule has 0 aromatic heterocycles. The second-order valence-electron chi connectivity index (χ2n) is 5.62. The molecule has 0 atom stereocenters. The summed E-state index contributed by atoms with van der Waals surface area (Å²) in [5.41, 5.74) is 2.00. The highest BCUT2D eigenvalue weighted by Crippen LogP contribution is 2.30. The summed E-state index contributed by atoms with van der Waals surface area (Å²) in [4.78, 5) is 24.4. The van der Waals surface area contributed by atoms with Crippen molar-refractivity contribution in [2.24, 2.45) is 0 Å². The molecule has 0 spiro atoms. The van der Waals surface area contributed by atoms with Gasteiger partial charge in [-0.3, -0.25) is 4.79 Å². The smallest absolute Gasteiger partial charge is 0.340 e. The number of amides is 1. The molecule has 0 saturated heterocycles. The number of aliphatic hydroxyl groups is 1. The van der Waals surface area contributed by atoms with E-state index in [0.29, 0.717) is 28.7 Å². The predicted molar refractivity (Wildman–Crippen MR) is 104 cm³/mol. The fraction of sp³-hybridized carbons (Fsp3) is 0.263. The summed E-state index contributed by atoms with van der Waals surface area (Å²) in [7, 11) is 1.47. The molecule has 1 amide bonds. The number of carbonyl (C=O) groups excluding carboxylic acids is 2. The molecule has 0 bridgehead atoms. The maximum Gasteiger partial charge on any atom is 0.340 e. The summed E-state index contributed by atoms with van der Waals surface area (Å²) < 4.78 is 10.3. The van der Waals surface area contributed by atoms with Crippen molar-refractivity contribution in [2.75, 3.05) is 37.5 Å². The van der Waals surface area contributed by atoms with E-state index >= 15 is 0 Å². The van der Waals surface area contributed by atoms with Crippen LogP contribution in [-0.4, -0.2) is 43.9 Å². The van der Waals surface area contributed by atoms with Crippen LogP contribution >= 0.6 is 11.6 Å². The SMILES string of the molecule is COc1cc(Cl)c(C)cc1NC(=O)COC(=O)c1ccccc1NCCO. The highest BCUT2D eigenvalue weighted by Gasteiger charge is 2.15. The van der Waals surface area contributed by atoms with E-state index in [1.807, 2.05) is 0 Å². The number of aryl methyl sites for hydroxylation is 1. The van der Waals surface area contributed by atoms with Gasteiger partial charge in [0.05, 0.1) is 25.0 Å². The molecular formula is C19H21ClN2O5. The first kappa shape index (κ1) is 20.5. The summed E-state index contributed by atoms with van der Waals surface area (Å²) >= 11 is 6.04. The van der Waals surface area contributed by atoms with Gasteiger partial charge in [-0.05, 0) is 30.7 Å². The van der Waals surface area contributed by atoms with Crippen LogP contribution < -0.4 is 15.4 Å². The Labute approximate surface area is 162 Å². The molecule has 0 aliphatic rings. The molecule has 0 saturated carbocycles. The monoisotopic (exact) mass is 392 g/mol. The fourth-order valence-electron chi connectivity index (χ4n) is 2.33. The van der Waals surface area contributed by atoms with Gasteiger partial charge in [0.25, 0.3) is 5.91 Å². The van der Waals surface area contributed by atoms with Crippen molar-refractivity contribution in [3.8, 4) is 5.75 Å². The Morgan fingerprint density at radius 3 is 2.63 bits per heavy atom. The third-order valence-corrected chi connectivity index (χ3v) is 4.07. The van der Waals surface area contributed by atoms with Crippen molar-refractivity contribution in [3.63, 3.8) is 0 Å². The molecular weight excluding hydrogens is 372 g/mol. The molecule has 0 fully saturated rings. The standard InChI is InChI=1S/C19H21ClN2O5/c1-12-9-16(17(26-2)10-14(12)20)22-18(24)11-27-19(25)13-5-3-4-6-15(13)21-7-8-23/h3-6,9-10,21,23H,7-8,11H2,1-2H3,(H,22,24). The van der Waals surface area contributed by atoms with Gasteiger partial charge in [0.1, 0.15) is 5.75 Å². The first-order valence-electron chi connectivity index (χ1n) is 8.21. The quantitative estimate of drug-likeness (QED) is 0.598. The van der Waals surface area contributed by atoms with Gasteiger partial charge >= 0.3 is 5.97 Å². The number of aliphatic hydroxyl groups excluding tert-OH is 1. The number of rotatable bonds is 8. The van der Waals surface area contributed by atoms with E-state index in [9.17, 15) is 9.59 Å². The van der Waals surface area contributed by atoms with Gasteiger partial charge in [-0.1, -0.05) is 23.7 Å². The predicted octanol–water partition coefficient (Wildman–Crippen LogP) is 2.86.